The third-order valence-electron chi connectivity index (χ3n) is 1.41. The van der Waals surface area contributed by atoms with E-state index in [1.165, 1.54) is 12.3 Å². The zero-order valence-electron chi connectivity index (χ0n) is 9.35. The molecular formula is C10H13N3O3. The number of carbonyl (C=O) groups is 2. The second kappa shape index (κ2) is 4.69. The number of aromatic nitrogens is 2. The van der Waals surface area contributed by atoms with Crippen LogP contribution in [-0.4, -0.2) is 27.9 Å². The summed E-state index contributed by atoms with van der Waals surface area (Å²) in [6.07, 6.45) is 1.26. The minimum absolute atomic E-state index is 0.00792. The standard InChI is InChI=1S/C10H13N3O3/c1-10(2,3)16-9(15)13-7-4-5-11-8(6-14)12-7/h4-6H,1-3H3,(H,11,12,13,15). The summed E-state index contributed by atoms with van der Waals surface area (Å²) >= 11 is 0. The zero-order valence-corrected chi connectivity index (χ0v) is 9.35. The van der Waals surface area contributed by atoms with E-state index in [-0.39, 0.29) is 11.6 Å². The van der Waals surface area contributed by atoms with E-state index in [2.05, 4.69) is 15.3 Å². The molecule has 0 aromatic carbocycles. The fourth-order valence-corrected chi connectivity index (χ4v) is 0.908. The van der Waals surface area contributed by atoms with E-state index in [9.17, 15) is 9.59 Å². The molecule has 16 heavy (non-hydrogen) atoms. The number of amides is 1. The van der Waals surface area contributed by atoms with E-state index in [0.717, 1.165) is 0 Å². The molecule has 86 valence electrons. The van der Waals surface area contributed by atoms with Crippen LogP contribution in [0.25, 0.3) is 0 Å². The summed E-state index contributed by atoms with van der Waals surface area (Å²) in [5.74, 6) is 0.236. The van der Waals surface area contributed by atoms with Gasteiger partial charge in [0.2, 0.25) is 0 Å². The van der Waals surface area contributed by atoms with Gasteiger partial charge in [0.05, 0.1) is 0 Å². The first-order chi connectivity index (χ1) is 7.40. The maximum atomic E-state index is 11.3. The fourth-order valence-electron chi connectivity index (χ4n) is 0.908. The van der Waals surface area contributed by atoms with E-state index in [0.29, 0.717) is 6.29 Å². The van der Waals surface area contributed by atoms with Crippen LogP contribution in [0.5, 0.6) is 0 Å². The Morgan fingerprint density at radius 3 is 2.75 bits per heavy atom. The van der Waals surface area contributed by atoms with Crippen molar-refractivity contribution in [3.8, 4) is 0 Å². The Hall–Kier alpha value is -1.98. The Labute approximate surface area is 93.0 Å². The molecule has 0 bridgehead atoms. The van der Waals surface area contributed by atoms with Gasteiger partial charge in [-0.25, -0.2) is 14.8 Å². The van der Waals surface area contributed by atoms with Crippen LogP contribution in [-0.2, 0) is 4.74 Å². The lowest BCUT2D eigenvalue weighted by Gasteiger charge is -2.19. The largest absolute Gasteiger partial charge is 0.444 e. The van der Waals surface area contributed by atoms with Crippen LogP contribution in [0.1, 0.15) is 31.4 Å². The molecule has 0 radical (unpaired) electrons. The molecule has 0 aliphatic carbocycles. The van der Waals surface area contributed by atoms with E-state index in [1.54, 1.807) is 20.8 Å². The molecule has 1 aromatic heterocycles. The van der Waals surface area contributed by atoms with Crippen molar-refractivity contribution in [3.63, 3.8) is 0 Å². The number of anilines is 1. The number of nitrogens with zero attached hydrogens (tertiary/aromatic N) is 2. The van der Waals surface area contributed by atoms with E-state index in [1.807, 2.05) is 0 Å². The Bertz CT molecular complexity index is 399. The molecule has 1 N–H and O–H groups in total. The molecule has 1 amide bonds. The predicted octanol–water partition coefficient (Wildman–Crippen LogP) is 1.64. The first-order valence-corrected chi connectivity index (χ1v) is 4.69. The highest BCUT2D eigenvalue weighted by Gasteiger charge is 2.16. The summed E-state index contributed by atoms with van der Waals surface area (Å²) in [6, 6.07) is 1.47. The van der Waals surface area contributed by atoms with Crippen LogP contribution in [0, 0.1) is 0 Å². The van der Waals surface area contributed by atoms with Crippen LogP contribution in [0.15, 0.2) is 12.3 Å². The summed E-state index contributed by atoms with van der Waals surface area (Å²) < 4.78 is 5.02. The predicted molar refractivity (Wildman–Crippen MR) is 57.3 cm³/mol. The molecule has 6 nitrogen and oxygen atoms in total. The van der Waals surface area contributed by atoms with Crippen molar-refractivity contribution in [2.75, 3.05) is 5.32 Å². The average Bonchev–Trinajstić information content (AvgIpc) is 2.15. The van der Waals surface area contributed by atoms with Crippen molar-refractivity contribution < 1.29 is 14.3 Å². The van der Waals surface area contributed by atoms with Gasteiger partial charge in [-0.2, -0.15) is 0 Å². The van der Waals surface area contributed by atoms with Crippen LogP contribution in [0.3, 0.4) is 0 Å². The van der Waals surface area contributed by atoms with Gasteiger partial charge in [-0.1, -0.05) is 0 Å². The molecular weight excluding hydrogens is 210 g/mol. The zero-order chi connectivity index (χ0) is 12.2. The van der Waals surface area contributed by atoms with Crippen molar-refractivity contribution in [3.05, 3.63) is 18.1 Å². The quantitative estimate of drug-likeness (QED) is 0.771. The van der Waals surface area contributed by atoms with E-state index >= 15 is 0 Å². The summed E-state index contributed by atoms with van der Waals surface area (Å²) in [6.45, 7) is 5.26. The molecule has 0 aliphatic heterocycles. The van der Waals surface area contributed by atoms with Gasteiger partial charge in [-0.15, -0.1) is 0 Å². The summed E-state index contributed by atoms with van der Waals surface area (Å²) in [7, 11) is 0. The minimum Gasteiger partial charge on any atom is -0.444 e. The van der Waals surface area contributed by atoms with Crippen molar-refractivity contribution in [2.24, 2.45) is 0 Å². The highest BCUT2D eigenvalue weighted by Crippen LogP contribution is 2.09. The number of rotatable bonds is 2. The van der Waals surface area contributed by atoms with Gasteiger partial charge in [0.1, 0.15) is 11.4 Å². The maximum absolute atomic E-state index is 11.3. The van der Waals surface area contributed by atoms with Gasteiger partial charge in [0.15, 0.2) is 12.1 Å². The van der Waals surface area contributed by atoms with E-state index < -0.39 is 11.7 Å². The van der Waals surface area contributed by atoms with Gasteiger partial charge in [-0.05, 0) is 26.8 Å². The lowest BCUT2D eigenvalue weighted by atomic mass is 10.2. The van der Waals surface area contributed by atoms with Gasteiger partial charge in [-0.3, -0.25) is 10.1 Å². The second-order valence-electron chi connectivity index (χ2n) is 4.04. The smallest absolute Gasteiger partial charge is 0.413 e. The topological polar surface area (TPSA) is 81.2 Å². The molecule has 0 saturated carbocycles. The molecule has 0 fully saturated rings. The average molecular weight is 223 g/mol. The molecule has 0 unspecified atom stereocenters. The Kier molecular flexibility index (Phi) is 3.55. The van der Waals surface area contributed by atoms with Gasteiger partial charge in [0.25, 0.3) is 0 Å². The van der Waals surface area contributed by atoms with Crippen LogP contribution in [0.4, 0.5) is 10.6 Å². The van der Waals surface area contributed by atoms with Crippen molar-refractivity contribution >= 4 is 18.2 Å². The van der Waals surface area contributed by atoms with Crippen molar-refractivity contribution in [2.45, 2.75) is 26.4 Å². The lowest BCUT2D eigenvalue weighted by Crippen LogP contribution is -2.27. The summed E-state index contributed by atoms with van der Waals surface area (Å²) in [4.78, 5) is 29.2. The highest BCUT2D eigenvalue weighted by molar-refractivity contribution is 5.84. The van der Waals surface area contributed by atoms with E-state index in [4.69, 9.17) is 4.74 Å². The second-order valence-corrected chi connectivity index (χ2v) is 4.04. The number of nitrogens with one attached hydrogen (secondary N) is 1. The van der Waals surface area contributed by atoms with Gasteiger partial charge in [0, 0.05) is 6.20 Å². The molecule has 6 heteroatoms. The first kappa shape index (κ1) is 12.1. The fraction of sp³-hybridized carbons (Fsp3) is 0.400. The Morgan fingerprint density at radius 1 is 1.50 bits per heavy atom. The molecule has 0 spiro atoms. The normalized spacial score (nSPS) is 10.7. The Balaban J connectivity index is 2.66. The van der Waals surface area contributed by atoms with Gasteiger partial charge < -0.3 is 4.74 Å². The number of carbonyl (C=O) groups excluding carboxylic acids is 2. The SMILES string of the molecule is CC(C)(C)OC(=O)Nc1ccnc(C=O)n1. The number of ether oxygens (including phenoxy) is 1. The molecule has 0 aliphatic rings. The Morgan fingerprint density at radius 2 is 2.19 bits per heavy atom. The first-order valence-electron chi connectivity index (χ1n) is 4.69. The van der Waals surface area contributed by atoms with Crippen molar-refractivity contribution in [1.29, 1.82) is 0 Å². The minimum atomic E-state index is -0.622. The number of hydrogen-bond acceptors (Lipinski definition) is 5. The molecule has 0 saturated heterocycles. The number of hydrogen-bond donors (Lipinski definition) is 1. The van der Waals surface area contributed by atoms with Crippen LogP contribution >= 0.6 is 0 Å². The van der Waals surface area contributed by atoms with Gasteiger partial charge >= 0.3 is 6.09 Å². The maximum Gasteiger partial charge on any atom is 0.413 e. The molecule has 1 rings (SSSR count). The third kappa shape index (κ3) is 4.04. The van der Waals surface area contributed by atoms with Crippen molar-refractivity contribution in [1.82, 2.24) is 9.97 Å². The third-order valence-corrected chi connectivity index (χ3v) is 1.41. The van der Waals surface area contributed by atoms with Crippen LogP contribution < -0.4 is 5.32 Å². The molecule has 1 aromatic rings. The lowest BCUT2D eigenvalue weighted by molar-refractivity contribution is 0.0635. The molecule has 1 heterocycles. The highest BCUT2D eigenvalue weighted by atomic mass is 16.6. The molecule has 0 atom stereocenters. The van der Waals surface area contributed by atoms with Crippen LogP contribution in [0.2, 0.25) is 0 Å². The summed E-state index contributed by atoms with van der Waals surface area (Å²) in [5.41, 5.74) is -0.579. The monoisotopic (exact) mass is 223 g/mol. The number of aldehydes is 1. The summed E-state index contributed by atoms with van der Waals surface area (Å²) in [5, 5.41) is 2.40.